The summed E-state index contributed by atoms with van der Waals surface area (Å²) in [7, 11) is 0. The average Bonchev–Trinajstić information content (AvgIpc) is 3.05. The fourth-order valence-electron chi connectivity index (χ4n) is 2.85. The van der Waals surface area contributed by atoms with Crippen LogP contribution in [0, 0.1) is 0 Å². The first kappa shape index (κ1) is 22.2. The molecule has 1 aliphatic heterocycles. The minimum absolute atomic E-state index is 0. The molecule has 1 aromatic carbocycles. The van der Waals surface area contributed by atoms with Crippen LogP contribution in [0.1, 0.15) is 31.7 Å². The Morgan fingerprint density at radius 1 is 1.31 bits per heavy atom. The van der Waals surface area contributed by atoms with Crippen LogP contribution in [-0.2, 0) is 15.8 Å². The van der Waals surface area contributed by atoms with Crippen molar-refractivity contribution in [3.8, 4) is 0 Å². The smallest absolute Gasteiger partial charge is 0.334 e. The molecule has 1 aliphatic rings. The number of halogens is 4. The number of para-hydroxylation sites is 1. The van der Waals surface area contributed by atoms with Crippen LogP contribution in [0.2, 0.25) is 0 Å². The van der Waals surface area contributed by atoms with E-state index in [1.807, 2.05) is 0 Å². The number of hydrogen-bond acceptors (Lipinski definition) is 3. The topological polar surface area (TPSA) is 61.4 Å². The first-order chi connectivity index (χ1) is 11.8. The van der Waals surface area contributed by atoms with Gasteiger partial charge in [-0.2, -0.15) is 13.2 Å². The zero-order valence-electron chi connectivity index (χ0n) is 14.4. The van der Waals surface area contributed by atoms with E-state index in [1.54, 1.807) is 6.92 Å². The zero-order chi connectivity index (χ0) is 18.4. The Morgan fingerprint density at radius 2 is 2.00 bits per heavy atom. The predicted molar refractivity (Wildman–Crippen MR) is 95.2 cm³/mol. The lowest BCUT2D eigenvalue weighted by Gasteiger charge is -2.22. The molecule has 9 heteroatoms. The van der Waals surface area contributed by atoms with Gasteiger partial charge in [-0.25, -0.2) is 0 Å². The lowest BCUT2D eigenvalue weighted by atomic mass is 10.1. The Labute approximate surface area is 156 Å². The van der Waals surface area contributed by atoms with Gasteiger partial charge < -0.3 is 15.5 Å². The Bertz CT molecular complexity index is 620. The molecule has 0 radical (unpaired) electrons. The number of rotatable bonds is 6. The number of carbonyl (C=O) groups excluding carboxylic acids is 2. The van der Waals surface area contributed by atoms with Gasteiger partial charge >= 0.3 is 6.18 Å². The fraction of sp³-hybridized carbons (Fsp3) is 0.529. The number of hydrogen-bond donors (Lipinski definition) is 2. The molecule has 26 heavy (non-hydrogen) atoms. The number of benzene rings is 1. The molecule has 5 nitrogen and oxygen atoms in total. The molecule has 1 atom stereocenters. The maximum Gasteiger partial charge on any atom is 0.418 e. The van der Waals surface area contributed by atoms with E-state index in [1.165, 1.54) is 23.1 Å². The SMILES string of the molecule is CCN(CC(=O)Nc1ccccc1C(F)(F)F)C(=O)CC1CCCN1.Cl. The summed E-state index contributed by atoms with van der Waals surface area (Å²) in [6.07, 6.45) is -2.34. The third-order valence-corrected chi connectivity index (χ3v) is 4.16. The van der Waals surface area contributed by atoms with E-state index in [-0.39, 0.29) is 36.6 Å². The van der Waals surface area contributed by atoms with E-state index < -0.39 is 17.6 Å². The Morgan fingerprint density at radius 3 is 2.58 bits per heavy atom. The van der Waals surface area contributed by atoms with Crippen molar-refractivity contribution in [3.05, 3.63) is 29.8 Å². The summed E-state index contributed by atoms with van der Waals surface area (Å²) in [6, 6.07) is 4.88. The largest absolute Gasteiger partial charge is 0.418 e. The van der Waals surface area contributed by atoms with Crippen LogP contribution in [0.25, 0.3) is 0 Å². The van der Waals surface area contributed by atoms with Crippen molar-refractivity contribution in [1.29, 1.82) is 0 Å². The second-order valence-electron chi connectivity index (χ2n) is 6.00. The minimum atomic E-state index is -4.56. The first-order valence-corrected chi connectivity index (χ1v) is 8.28. The van der Waals surface area contributed by atoms with E-state index >= 15 is 0 Å². The molecule has 0 saturated carbocycles. The predicted octanol–water partition coefficient (Wildman–Crippen LogP) is 3.06. The normalized spacial score (nSPS) is 16.7. The molecule has 0 aromatic heterocycles. The summed E-state index contributed by atoms with van der Waals surface area (Å²) in [5.41, 5.74) is -1.21. The molecule has 1 unspecified atom stereocenters. The Hall–Kier alpha value is -1.80. The van der Waals surface area contributed by atoms with Crippen LogP contribution in [0.3, 0.4) is 0 Å². The van der Waals surface area contributed by atoms with Crippen molar-refractivity contribution in [1.82, 2.24) is 10.2 Å². The summed E-state index contributed by atoms with van der Waals surface area (Å²) >= 11 is 0. The molecule has 146 valence electrons. The van der Waals surface area contributed by atoms with Gasteiger partial charge in [-0.3, -0.25) is 9.59 Å². The molecule has 1 heterocycles. The van der Waals surface area contributed by atoms with E-state index in [9.17, 15) is 22.8 Å². The van der Waals surface area contributed by atoms with Crippen LogP contribution >= 0.6 is 12.4 Å². The number of nitrogens with one attached hydrogen (secondary N) is 2. The molecule has 1 fully saturated rings. The summed E-state index contributed by atoms with van der Waals surface area (Å²) in [6.45, 7) is 2.66. The quantitative estimate of drug-likeness (QED) is 0.781. The second kappa shape index (κ2) is 9.78. The summed E-state index contributed by atoms with van der Waals surface area (Å²) in [5, 5.41) is 5.47. The highest BCUT2D eigenvalue weighted by molar-refractivity contribution is 5.95. The highest BCUT2D eigenvalue weighted by Crippen LogP contribution is 2.34. The molecule has 0 spiro atoms. The van der Waals surface area contributed by atoms with E-state index in [0.29, 0.717) is 13.0 Å². The Kier molecular flexibility index (Phi) is 8.36. The van der Waals surface area contributed by atoms with Crippen LogP contribution in [0.5, 0.6) is 0 Å². The summed E-state index contributed by atoms with van der Waals surface area (Å²) < 4.78 is 38.9. The number of anilines is 1. The molecule has 2 rings (SSSR count). The van der Waals surface area contributed by atoms with E-state index in [0.717, 1.165) is 25.5 Å². The number of amides is 2. The van der Waals surface area contributed by atoms with Gasteiger partial charge in [-0.1, -0.05) is 12.1 Å². The van der Waals surface area contributed by atoms with E-state index in [2.05, 4.69) is 10.6 Å². The van der Waals surface area contributed by atoms with Crippen molar-refractivity contribution in [2.75, 3.05) is 25.0 Å². The van der Waals surface area contributed by atoms with Gasteiger partial charge in [-0.05, 0) is 38.4 Å². The molecule has 2 amide bonds. The molecule has 0 bridgehead atoms. The lowest BCUT2D eigenvalue weighted by Crippen LogP contribution is -2.40. The van der Waals surface area contributed by atoms with Gasteiger partial charge in [0.2, 0.25) is 11.8 Å². The third-order valence-electron chi connectivity index (χ3n) is 4.16. The van der Waals surface area contributed by atoms with Crippen LogP contribution in [0.15, 0.2) is 24.3 Å². The fourth-order valence-corrected chi connectivity index (χ4v) is 2.85. The maximum absolute atomic E-state index is 13.0. The zero-order valence-corrected chi connectivity index (χ0v) is 15.3. The van der Waals surface area contributed by atoms with Crippen molar-refractivity contribution < 1.29 is 22.8 Å². The van der Waals surface area contributed by atoms with Crippen molar-refractivity contribution in [2.24, 2.45) is 0 Å². The van der Waals surface area contributed by atoms with Gasteiger partial charge in [0.25, 0.3) is 0 Å². The van der Waals surface area contributed by atoms with Crippen molar-refractivity contribution in [2.45, 2.75) is 38.4 Å². The van der Waals surface area contributed by atoms with Gasteiger partial charge in [0.05, 0.1) is 17.8 Å². The maximum atomic E-state index is 13.0. The molecular weight excluding hydrogens is 371 g/mol. The van der Waals surface area contributed by atoms with Gasteiger partial charge in [0.15, 0.2) is 0 Å². The molecule has 0 aliphatic carbocycles. The minimum Gasteiger partial charge on any atom is -0.334 e. The molecular formula is C17H23ClF3N3O2. The number of likely N-dealkylation sites (N-methyl/N-ethyl adjacent to an activating group) is 1. The van der Waals surface area contributed by atoms with Crippen molar-refractivity contribution >= 4 is 29.9 Å². The third kappa shape index (κ3) is 6.17. The average molecular weight is 394 g/mol. The van der Waals surface area contributed by atoms with Gasteiger partial charge in [-0.15, -0.1) is 12.4 Å². The standard InChI is InChI=1S/C17H22F3N3O2.ClH/c1-2-23(16(25)10-12-6-5-9-21-12)11-15(24)22-14-8-4-3-7-13(14)17(18,19)20;/h3-4,7-8,12,21H,2,5-6,9-11H2,1H3,(H,22,24);1H. The molecule has 1 saturated heterocycles. The number of alkyl halides is 3. The van der Waals surface area contributed by atoms with Gasteiger partial charge in [0, 0.05) is 19.0 Å². The number of nitrogens with zero attached hydrogens (tertiary/aromatic N) is 1. The lowest BCUT2D eigenvalue weighted by molar-refractivity contribution is -0.137. The highest BCUT2D eigenvalue weighted by atomic mass is 35.5. The van der Waals surface area contributed by atoms with Crippen LogP contribution in [-0.4, -0.2) is 42.4 Å². The van der Waals surface area contributed by atoms with Crippen LogP contribution < -0.4 is 10.6 Å². The molecule has 2 N–H and O–H groups in total. The Balaban J connectivity index is 0.00000338. The monoisotopic (exact) mass is 393 g/mol. The van der Waals surface area contributed by atoms with E-state index in [4.69, 9.17) is 0 Å². The number of carbonyl (C=O) groups is 2. The van der Waals surface area contributed by atoms with Gasteiger partial charge in [0.1, 0.15) is 0 Å². The van der Waals surface area contributed by atoms with Crippen molar-refractivity contribution in [3.63, 3.8) is 0 Å². The van der Waals surface area contributed by atoms with Crippen LogP contribution in [0.4, 0.5) is 18.9 Å². The first-order valence-electron chi connectivity index (χ1n) is 8.28. The summed E-state index contributed by atoms with van der Waals surface area (Å²) in [5.74, 6) is -0.826. The second-order valence-corrected chi connectivity index (χ2v) is 6.00. The molecule has 1 aromatic rings. The summed E-state index contributed by atoms with van der Waals surface area (Å²) in [4.78, 5) is 25.7. The highest BCUT2D eigenvalue weighted by Gasteiger charge is 2.33.